The maximum Gasteiger partial charge on any atom is 0.290 e. The third kappa shape index (κ3) is 7.62. The number of ether oxygens (including phenoxy) is 2. The zero-order chi connectivity index (χ0) is 30.7. The van der Waals surface area contributed by atoms with Crippen LogP contribution in [-0.2, 0) is 20.9 Å². The fraction of sp³-hybridized carbons (Fsp3) is 0.406. The minimum absolute atomic E-state index is 0.0254. The summed E-state index contributed by atoms with van der Waals surface area (Å²) in [5.41, 5.74) is 2.15. The van der Waals surface area contributed by atoms with Gasteiger partial charge in [0.2, 0.25) is 0 Å². The molecule has 232 valence electrons. The van der Waals surface area contributed by atoms with Crippen LogP contribution in [0.2, 0.25) is 0 Å². The average molecular weight is 603 g/mol. The van der Waals surface area contributed by atoms with E-state index < -0.39 is 0 Å². The Bertz CT molecular complexity index is 1510. The molecule has 2 aliphatic heterocycles. The van der Waals surface area contributed by atoms with Gasteiger partial charge in [-0.15, -0.1) is 0 Å². The van der Waals surface area contributed by atoms with Crippen molar-refractivity contribution in [2.45, 2.75) is 44.8 Å². The zero-order valence-electron chi connectivity index (χ0n) is 24.7. The van der Waals surface area contributed by atoms with Crippen LogP contribution in [-0.4, -0.2) is 97.6 Å². The molecule has 0 aliphatic carbocycles. The number of aromatic nitrogens is 4. The van der Waals surface area contributed by atoms with Crippen molar-refractivity contribution in [3.05, 3.63) is 72.9 Å². The highest BCUT2D eigenvalue weighted by Crippen LogP contribution is 2.24. The molecule has 0 spiro atoms. The summed E-state index contributed by atoms with van der Waals surface area (Å²) in [6.45, 7) is 3.72. The standard InChI is InChI=1S/C31H36N6O4.CH2O2/c38-30(26-23-37-15-2-1-11-28(37)33-26)35-13-3-4-14-36(31(39)27-10-6-20-41-27)19-21-40-25-9-5-8-24(22-25)29-32-12-18-34(29)16-7-17-35;2-1-3/h1-2,5,8-9,11-12,15,18,22-23,27H,3-4,6-7,10,13-14,16-17,19-21H2;1H,(H,2,3). The average Bonchev–Trinajstić information content (AvgIpc) is 3.82. The van der Waals surface area contributed by atoms with Gasteiger partial charge in [-0.2, -0.15) is 0 Å². The number of hydrogen-bond donors (Lipinski definition) is 1. The Morgan fingerprint density at radius 2 is 1.73 bits per heavy atom. The first-order valence-corrected chi connectivity index (χ1v) is 15.0. The van der Waals surface area contributed by atoms with Crippen LogP contribution in [0.5, 0.6) is 5.75 Å². The van der Waals surface area contributed by atoms with Crippen LogP contribution >= 0.6 is 0 Å². The van der Waals surface area contributed by atoms with Crippen LogP contribution in [0.4, 0.5) is 0 Å². The topological polar surface area (TPSA) is 132 Å². The Balaban J connectivity index is 0.00000123. The number of benzene rings is 1. The van der Waals surface area contributed by atoms with Crippen LogP contribution in [0.3, 0.4) is 0 Å². The summed E-state index contributed by atoms with van der Waals surface area (Å²) in [5.74, 6) is 1.55. The molecule has 12 heteroatoms. The third-order valence-corrected chi connectivity index (χ3v) is 7.76. The molecular formula is C32H38N6O6. The zero-order valence-corrected chi connectivity index (χ0v) is 24.7. The van der Waals surface area contributed by atoms with Crippen molar-refractivity contribution in [3.8, 4) is 17.1 Å². The van der Waals surface area contributed by atoms with E-state index in [1.807, 2.05) is 69.1 Å². The Hall–Kier alpha value is -4.71. The molecule has 0 saturated carbocycles. The molecule has 3 aromatic heterocycles. The minimum atomic E-state index is -0.376. The van der Waals surface area contributed by atoms with E-state index in [4.69, 9.17) is 19.4 Å². The van der Waals surface area contributed by atoms with E-state index in [1.54, 1.807) is 12.4 Å². The summed E-state index contributed by atoms with van der Waals surface area (Å²) >= 11 is 0. The van der Waals surface area contributed by atoms with Crippen molar-refractivity contribution in [3.63, 3.8) is 0 Å². The van der Waals surface area contributed by atoms with Crippen LogP contribution in [0.25, 0.3) is 17.0 Å². The van der Waals surface area contributed by atoms with E-state index in [0.717, 1.165) is 61.4 Å². The summed E-state index contributed by atoms with van der Waals surface area (Å²) in [7, 11) is 0. The summed E-state index contributed by atoms with van der Waals surface area (Å²) in [5, 5.41) is 6.89. The molecule has 4 aromatic rings. The summed E-state index contributed by atoms with van der Waals surface area (Å²) in [4.78, 5) is 48.2. The number of amides is 2. The monoisotopic (exact) mass is 602 g/mol. The van der Waals surface area contributed by atoms with Crippen molar-refractivity contribution in [2.75, 3.05) is 39.4 Å². The van der Waals surface area contributed by atoms with Gasteiger partial charge in [0.1, 0.15) is 35.6 Å². The molecule has 2 amide bonds. The number of carbonyl (C=O) groups excluding carboxylic acids is 2. The second-order valence-corrected chi connectivity index (χ2v) is 10.7. The molecule has 1 atom stereocenters. The first-order valence-electron chi connectivity index (χ1n) is 15.0. The molecule has 5 heterocycles. The fourth-order valence-corrected chi connectivity index (χ4v) is 5.61. The van der Waals surface area contributed by atoms with Gasteiger partial charge >= 0.3 is 0 Å². The molecule has 6 rings (SSSR count). The van der Waals surface area contributed by atoms with E-state index in [1.165, 1.54) is 0 Å². The predicted molar refractivity (Wildman–Crippen MR) is 162 cm³/mol. The lowest BCUT2D eigenvalue weighted by molar-refractivity contribution is -0.141. The summed E-state index contributed by atoms with van der Waals surface area (Å²) in [6.07, 6.45) is 11.1. The Kier molecular flexibility index (Phi) is 10.6. The Morgan fingerprint density at radius 3 is 2.52 bits per heavy atom. The number of fused-ring (bicyclic) bond motifs is 5. The van der Waals surface area contributed by atoms with Crippen molar-refractivity contribution >= 4 is 23.9 Å². The van der Waals surface area contributed by atoms with E-state index in [9.17, 15) is 9.59 Å². The van der Waals surface area contributed by atoms with Crippen molar-refractivity contribution in [1.82, 2.24) is 28.7 Å². The quantitative estimate of drug-likeness (QED) is 0.345. The maximum absolute atomic E-state index is 13.6. The number of carboxylic acid groups (broad SMARTS) is 1. The van der Waals surface area contributed by atoms with Crippen LogP contribution in [0.15, 0.2) is 67.3 Å². The number of rotatable bonds is 2. The number of imidazole rings is 2. The van der Waals surface area contributed by atoms with Gasteiger partial charge < -0.3 is 33.3 Å². The number of nitrogens with zero attached hydrogens (tertiary/aromatic N) is 6. The lowest BCUT2D eigenvalue weighted by atomic mass is 10.2. The molecule has 1 saturated heterocycles. The van der Waals surface area contributed by atoms with Crippen LogP contribution < -0.4 is 4.74 Å². The van der Waals surface area contributed by atoms with E-state index in [-0.39, 0.29) is 24.4 Å². The second-order valence-electron chi connectivity index (χ2n) is 10.7. The largest absolute Gasteiger partial charge is 0.492 e. The predicted octanol–water partition coefficient (Wildman–Crippen LogP) is 3.61. The van der Waals surface area contributed by atoms with Gasteiger partial charge in [-0.3, -0.25) is 14.4 Å². The van der Waals surface area contributed by atoms with Crippen LogP contribution in [0.1, 0.15) is 42.6 Å². The van der Waals surface area contributed by atoms with Crippen molar-refractivity contribution in [1.29, 1.82) is 0 Å². The van der Waals surface area contributed by atoms with Gasteiger partial charge in [0, 0.05) is 63.1 Å². The molecule has 1 N–H and O–H groups in total. The molecule has 2 aliphatic rings. The number of carbonyl (C=O) groups is 3. The first-order chi connectivity index (χ1) is 21.6. The fourth-order valence-electron chi connectivity index (χ4n) is 5.61. The van der Waals surface area contributed by atoms with Crippen molar-refractivity contribution < 1.29 is 29.0 Å². The van der Waals surface area contributed by atoms with Crippen LogP contribution in [0, 0.1) is 0 Å². The smallest absolute Gasteiger partial charge is 0.290 e. The van der Waals surface area contributed by atoms with Gasteiger partial charge in [0.25, 0.3) is 18.3 Å². The van der Waals surface area contributed by atoms with E-state index >= 15 is 0 Å². The molecule has 44 heavy (non-hydrogen) atoms. The lowest BCUT2D eigenvalue weighted by Crippen LogP contribution is -2.42. The normalized spacial score (nSPS) is 18.0. The Morgan fingerprint density at radius 1 is 0.909 bits per heavy atom. The number of aryl methyl sites for hydroxylation is 1. The Labute approximate surface area is 255 Å². The molecule has 1 unspecified atom stereocenters. The molecule has 1 fully saturated rings. The highest BCUT2D eigenvalue weighted by atomic mass is 16.5. The third-order valence-electron chi connectivity index (χ3n) is 7.76. The molecule has 1 aromatic carbocycles. The molecular weight excluding hydrogens is 564 g/mol. The van der Waals surface area contributed by atoms with Gasteiger partial charge in [0.05, 0.1) is 6.54 Å². The van der Waals surface area contributed by atoms with Gasteiger partial charge in [0.15, 0.2) is 0 Å². The molecule has 0 radical (unpaired) electrons. The first kappa shape index (κ1) is 30.7. The molecule has 2 bridgehead atoms. The van der Waals surface area contributed by atoms with E-state index in [0.29, 0.717) is 45.1 Å². The highest BCUT2D eigenvalue weighted by molar-refractivity contribution is 5.93. The number of pyridine rings is 1. The van der Waals surface area contributed by atoms with Crippen molar-refractivity contribution in [2.24, 2.45) is 0 Å². The highest BCUT2D eigenvalue weighted by Gasteiger charge is 2.28. The van der Waals surface area contributed by atoms with Gasteiger partial charge in [-0.05, 0) is 56.4 Å². The second kappa shape index (κ2) is 15.1. The molecule has 12 nitrogen and oxygen atoms in total. The summed E-state index contributed by atoms with van der Waals surface area (Å²) in [6, 6.07) is 13.6. The van der Waals surface area contributed by atoms with Gasteiger partial charge in [-0.25, -0.2) is 9.97 Å². The SMILES string of the molecule is O=C(c1cn2ccccc2n1)N1CCCCN(C(=O)C2CCCO2)CCOc2cccc(c2)-c2nccn2CCC1.O=CO. The number of hydrogen-bond acceptors (Lipinski definition) is 7. The maximum atomic E-state index is 13.6. The lowest BCUT2D eigenvalue weighted by Gasteiger charge is -2.26. The minimum Gasteiger partial charge on any atom is -0.492 e. The van der Waals surface area contributed by atoms with E-state index in [2.05, 4.69) is 14.5 Å². The summed E-state index contributed by atoms with van der Waals surface area (Å²) < 4.78 is 15.8. The van der Waals surface area contributed by atoms with Gasteiger partial charge in [-0.1, -0.05) is 18.2 Å².